The molecule has 18 heavy (non-hydrogen) atoms. The molecule has 0 unspecified atom stereocenters. The molecule has 0 spiro atoms. The normalized spacial score (nSPS) is 10.8. The van der Waals surface area contributed by atoms with Crippen LogP contribution in [-0.2, 0) is 0 Å². The Morgan fingerprint density at radius 2 is 1.78 bits per heavy atom. The van der Waals surface area contributed by atoms with E-state index in [0.29, 0.717) is 5.88 Å². The number of para-hydroxylation sites is 2. The molecule has 2 aromatic heterocycles. The van der Waals surface area contributed by atoms with Crippen LogP contribution in [0.1, 0.15) is 0 Å². The summed E-state index contributed by atoms with van der Waals surface area (Å²) < 4.78 is 6.40. The van der Waals surface area contributed by atoms with Gasteiger partial charge in [-0.1, -0.05) is 12.1 Å². The Labute approximate surface area is 117 Å². The maximum absolute atomic E-state index is 5.33. The lowest BCUT2D eigenvalue weighted by atomic mass is 10.2. The fraction of sp³-hybridized carbons (Fsp3) is 0.0769. The molecule has 0 aliphatic carbocycles. The lowest BCUT2D eigenvalue weighted by Gasteiger charge is -2.06. The van der Waals surface area contributed by atoms with Crippen LogP contribution in [0.25, 0.3) is 21.6 Å². The quantitative estimate of drug-likeness (QED) is 0.712. The van der Waals surface area contributed by atoms with Gasteiger partial charge >= 0.3 is 0 Å². The second kappa shape index (κ2) is 4.66. The molecule has 90 valence electrons. The second-order valence-corrected chi connectivity index (χ2v) is 6.14. The van der Waals surface area contributed by atoms with E-state index < -0.39 is 0 Å². The van der Waals surface area contributed by atoms with Crippen molar-refractivity contribution in [3.05, 3.63) is 40.2 Å². The minimum Gasteiger partial charge on any atom is -0.479 e. The third-order valence-electron chi connectivity index (χ3n) is 2.54. The molecule has 3 rings (SSSR count). The van der Waals surface area contributed by atoms with E-state index in [4.69, 9.17) is 4.74 Å². The number of nitrogens with zero attached hydrogens (tertiary/aromatic N) is 2. The summed E-state index contributed by atoms with van der Waals surface area (Å²) >= 11 is 5.07. The number of halogens is 1. The van der Waals surface area contributed by atoms with Gasteiger partial charge in [0.25, 0.3) is 0 Å². The van der Waals surface area contributed by atoms with Gasteiger partial charge in [0.05, 0.1) is 26.8 Å². The molecule has 1 aromatic carbocycles. The molecule has 0 N–H and O–H groups in total. The SMILES string of the molecule is COc1nc2ccccc2nc1-c1ccc(Br)s1. The third-order valence-corrected chi connectivity index (χ3v) is 4.17. The maximum Gasteiger partial charge on any atom is 0.241 e. The van der Waals surface area contributed by atoms with Crippen LogP contribution in [0.2, 0.25) is 0 Å². The van der Waals surface area contributed by atoms with Crippen molar-refractivity contribution in [3.63, 3.8) is 0 Å². The third kappa shape index (κ3) is 2.00. The van der Waals surface area contributed by atoms with E-state index in [-0.39, 0.29) is 0 Å². The first-order valence-corrected chi connectivity index (χ1v) is 6.95. The summed E-state index contributed by atoms with van der Waals surface area (Å²) in [6.07, 6.45) is 0. The van der Waals surface area contributed by atoms with Crippen molar-refractivity contribution in [1.29, 1.82) is 0 Å². The molecule has 0 aliphatic rings. The monoisotopic (exact) mass is 320 g/mol. The van der Waals surface area contributed by atoms with Crippen LogP contribution >= 0.6 is 27.3 Å². The molecule has 0 saturated heterocycles. The Morgan fingerprint density at radius 3 is 2.39 bits per heavy atom. The van der Waals surface area contributed by atoms with Crippen molar-refractivity contribution in [3.8, 4) is 16.5 Å². The largest absolute Gasteiger partial charge is 0.479 e. The highest BCUT2D eigenvalue weighted by molar-refractivity contribution is 9.11. The van der Waals surface area contributed by atoms with Crippen molar-refractivity contribution in [2.24, 2.45) is 0 Å². The van der Waals surface area contributed by atoms with Gasteiger partial charge in [-0.15, -0.1) is 11.3 Å². The Kier molecular flexibility index (Phi) is 3.01. The Balaban J connectivity index is 2.26. The van der Waals surface area contributed by atoms with Crippen LogP contribution in [-0.4, -0.2) is 17.1 Å². The maximum atomic E-state index is 5.33. The number of aromatic nitrogens is 2. The standard InChI is InChI=1S/C13H9BrN2OS/c1-17-13-12(10-6-7-11(14)18-10)15-8-4-2-3-5-9(8)16-13/h2-7H,1H3. The van der Waals surface area contributed by atoms with Gasteiger partial charge in [-0.3, -0.25) is 0 Å². The molecule has 3 nitrogen and oxygen atoms in total. The second-order valence-electron chi connectivity index (χ2n) is 3.67. The first-order chi connectivity index (χ1) is 8.78. The summed E-state index contributed by atoms with van der Waals surface area (Å²) in [4.78, 5) is 10.2. The van der Waals surface area contributed by atoms with Crippen LogP contribution in [0.15, 0.2) is 40.2 Å². The van der Waals surface area contributed by atoms with Crippen LogP contribution in [0.5, 0.6) is 5.88 Å². The van der Waals surface area contributed by atoms with Gasteiger partial charge in [-0.05, 0) is 40.2 Å². The van der Waals surface area contributed by atoms with E-state index in [2.05, 4.69) is 25.9 Å². The number of ether oxygens (including phenoxy) is 1. The number of benzene rings is 1. The summed E-state index contributed by atoms with van der Waals surface area (Å²) in [6, 6.07) is 11.8. The van der Waals surface area contributed by atoms with E-state index in [1.807, 2.05) is 36.4 Å². The molecular weight excluding hydrogens is 312 g/mol. The van der Waals surface area contributed by atoms with Gasteiger partial charge in [-0.25, -0.2) is 9.97 Å². The van der Waals surface area contributed by atoms with Crippen LogP contribution in [0.3, 0.4) is 0 Å². The van der Waals surface area contributed by atoms with Crippen LogP contribution < -0.4 is 4.74 Å². The summed E-state index contributed by atoms with van der Waals surface area (Å²) in [5, 5.41) is 0. The van der Waals surface area contributed by atoms with Crippen molar-refractivity contribution >= 4 is 38.3 Å². The zero-order chi connectivity index (χ0) is 12.5. The molecule has 5 heteroatoms. The van der Waals surface area contributed by atoms with E-state index >= 15 is 0 Å². The molecule has 0 atom stereocenters. The molecule has 0 bridgehead atoms. The first kappa shape index (κ1) is 11.6. The number of hydrogen-bond donors (Lipinski definition) is 0. The lowest BCUT2D eigenvalue weighted by molar-refractivity contribution is 0.400. The number of methoxy groups -OCH3 is 1. The average Bonchev–Trinajstić information content (AvgIpc) is 2.83. The Morgan fingerprint density at radius 1 is 1.06 bits per heavy atom. The van der Waals surface area contributed by atoms with Crippen molar-refractivity contribution < 1.29 is 4.74 Å². The smallest absolute Gasteiger partial charge is 0.241 e. The van der Waals surface area contributed by atoms with E-state index in [1.165, 1.54) is 0 Å². The zero-order valence-electron chi connectivity index (χ0n) is 9.55. The van der Waals surface area contributed by atoms with Gasteiger partial charge < -0.3 is 4.74 Å². The number of fused-ring (bicyclic) bond motifs is 1. The molecule has 0 aliphatic heterocycles. The minimum absolute atomic E-state index is 0.558. The molecule has 0 amide bonds. The fourth-order valence-corrected chi connectivity index (χ4v) is 3.10. The summed E-state index contributed by atoms with van der Waals surface area (Å²) in [7, 11) is 1.62. The van der Waals surface area contributed by atoms with Crippen LogP contribution in [0.4, 0.5) is 0 Å². The molecule has 2 heterocycles. The van der Waals surface area contributed by atoms with Gasteiger partial charge in [0.2, 0.25) is 5.88 Å². The Hall–Kier alpha value is -1.46. The molecule has 3 aromatic rings. The highest BCUT2D eigenvalue weighted by Gasteiger charge is 2.13. The molecule has 0 saturated carbocycles. The summed E-state index contributed by atoms with van der Waals surface area (Å²) in [5.41, 5.74) is 2.50. The van der Waals surface area contributed by atoms with Crippen molar-refractivity contribution in [2.45, 2.75) is 0 Å². The van der Waals surface area contributed by atoms with Gasteiger partial charge in [-0.2, -0.15) is 0 Å². The van der Waals surface area contributed by atoms with E-state index in [1.54, 1.807) is 18.4 Å². The number of rotatable bonds is 2. The Bertz CT molecular complexity index is 711. The highest BCUT2D eigenvalue weighted by atomic mass is 79.9. The summed E-state index contributed by atoms with van der Waals surface area (Å²) in [6.45, 7) is 0. The van der Waals surface area contributed by atoms with E-state index in [9.17, 15) is 0 Å². The summed E-state index contributed by atoms with van der Waals surface area (Å²) in [5.74, 6) is 0.558. The molecular formula is C13H9BrN2OS. The van der Waals surface area contributed by atoms with Crippen molar-refractivity contribution in [1.82, 2.24) is 9.97 Å². The topological polar surface area (TPSA) is 35.0 Å². The van der Waals surface area contributed by atoms with Gasteiger partial charge in [0.15, 0.2) is 0 Å². The predicted octanol–water partition coefficient (Wildman–Crippen LogP) is 4.13. The predicted molar refractivity (Wildman–Crippen MR) is 77.1 cm³/mol. The zero-order valence-corrected chi connectivity index (χ0v) is 12.0. The fourth-order valence-electron chi connectivity index (χ4n) is 1.73. The number of hydrogen-bond acceptors (Lipinski definition) is 4. The first-order valence-electron chi connectivity index (χ1n) is 5.34. The highest BCUT2D eigenvalue weighted by Crippen LogP contribution is 2.35. The lowest BCUT2D eigenvalue weighted by Crippen LogP contribution is -1.95. The average molecular weight is 321 g/mol. The van der Waals surface area contributed by atoms with Crippen LogP contribution in [0, 0.1) is 0 Å². The van der Waals surface area contributed by atoms with E-state index in [0.717, 1.165) is 25.4 Å². The number of thiophene rings is 1. The van der Waals surface area contributed by atoms with Crippen molar-refractivity contribution in [2.75, 3.05) is 7.11 Å². The van der Waals surface area contributed by atoms with Gasteiger partial charge in [0, 0.05) is 0 Å². The minimum atomic E-state index is 0.558. The van der Waals surface area contributed by atoms with Gasteiger partial charge in [0.1, 0.15) is 5.69 Å². The molecule has 0 radical (unpaired) electrons. The molecule has 0 fully saturated rings.